The maximum atomic E-state index is 6.20. The average Bonchev–Trinajstić information content (AvgIpc) is 2.08. The minimum atomic E-state index is -0.145. The second-order valence-corrected chi connectivity index (χ2v) is 4.90. The maximum Gasteiger partial charge on any atom is 0.0406 e. The fraction of sp³-hybridized carbons (Fsp3) is 0.500. The predicted octanol–water partition coefficient (Wildman–Crippen LogP) is 3.26. The summed E-state index contributed by atoms with van der Waals surface area (Å²) in [4.78, 5) is 0. The van der Waals surface area contributed by atoms with Gasteiger partial charge in [0.05, 0.1) is 0 Å². The molecule has 0 heterocycles. The Bertz CT molecular complexity index is 288. The van der Waals surface area contributed by atoms with Gasteiger partial charge in [0, 0.05) is 10.6 Å². The Kier molecular flexibility index (Phi) is 3.57. The summed E-state index contributed by atoms with van der Waals surface area (Å²) in [6, 6.07) is 7.90. The third-order valence-corrected chi connectivity index (χ3v) is 3.07. The second kappa shape index (κ2) is 4.33. The molecule has 0 aromatic heterocycles. The van der Waals surface area contributed by atoms with Gasteiger partial charge in [-0.25, -0.2) is 0 Å². The second-order valence-electron chi connectivity index (χ2n) is 4.46. The lowest BCUT2D eigenvalue weighted by molar-refractivity contribution is 0.338. The van der Waals surface area contributed by atoms with Crippen LogP contribution in [0.4, 0.5) is 0 Å². The molecular formula is C12H18ClN. The molecule has 2 heteroatoms. The largest absolute Gasteiger partial charge is 0.325 e. The van der Waals surface area contributed by atoms with Crippen molar-refractivity contribution in [2.45, 2.75) is 32.7 Å². The van der Waals surface area contributed by atoms with Crippen LogP contribution in [0.3, 0.4) is 0 Å². The van der Waals surface area contributed by atoms with Crippen molar-refractivity contribution in [3.05, 3.63) is 34.9 Å². The van der Waals surface area contributed by atoms with E-state index in [1.54, 1.807) is 0 Å². The molecule has 0 aliphatic rings. The third-order valence-electron chi connectivity index (χ3n) is 2.82. The van der Waals surface area contributed by atoms with Crippen LogP contribution < -0.4 is 5.73 Å². The van der Waals surface area contributed by atoms with E-state index < -0.39 is 0 Å². The Hall–Kier alpha value is -0.530. The zero-order chi connectivity index (χ0) is 10.8. The van der Waals surface area contributed by atoms with E-state index in [0.717, 1.165) is 11.4 Å². The van der Waals surface area contributed by atoms with Crippen molar-refractivity contribution in [3.8, 4) is 0 Å². The topological polar surface area (TPSA) is 26.0 Å². The minimum absolute atomic E-state index is 0.145. The summed E-state index contributed by atoms with van der Waals surface area (Å²) in [6.07, 6.45) is 0.891. The maximum absolute atomic E-state index is 6.20. The highest BCUT2D eigenvalue weighted by atomic mass is 35.5. The monoisotopic (exact) mass is 211 g/mol. The lowest BCUT2D eigenvalue weighted by Crippen LogP contribution is -2.43. The lowest BCUT2D eigenvalue weighted by Gasteiger charge is -2.29. The zero-order valence-corrected chi connectivity index (χ0v) is 9.81. The van der Waals surface area contributed by atoms with Crippen LogP contribution in [-0.2, 0) is 6.42 Å². The first kappa shape index (κ1) is 11.5. The van der Waals surface area contributed by atoms with Gasteiger partial charge in [-0.3, -0.25) is 0 Å². The zero-order valence-electron chi connectivity index (χ0n) is 9.05. The molecule has 78 valence electrons. The molecule has 1 aromatic rings. The van der Waals surface area contributed by atoms with Crippen molar-refractivity contribution in [3.63, 3.8) is 0 Å². The first-order chi connectivity index (χ1) is 6.42. The molecule has 0 bridgehead atoms. The summed E-state index contributed by atoms with van der Waals surface area (Å²) in [6.45, 7) is 6.39. The van der Waals surface area contributed by atoms with Crippen LogP contribution in [0, 0.1) is 5.92 Å². The molecule has 0 radical (unpaired) electrons. The van der Waals surface area contributed by atoms with Gasteiger partial charge in [0.2, 0.25) is 0 Å². The van der Waals surface area contributed by atoms with Gasteiger partial charge >= 0.3 is 0 Å². The summed E-state index contributed by atoms with van der Waals surface area (Å²) in [5.74, 6) is 0.471. The fourth-order valence-corrected chi connectivity index (χ4v) is 1.37. The van der Waals surface area contributed by atoms with Gasteiger partial charge < -0.3 is 5.73 Å². The summed E-state index contributed by atoms with van der Waals surface area (Å²) in [7, 11) is 0. The Labute approximate surface area is 91.3 Å². The van der Waals surface area contributed by atoms with E-state index in [0.29, 0.717) is 5.92 Å². The van der Waals surface area contributed by atoms with Gasteiger partial charge in [-0.05, 0) is 37.0 Å². The van der Waals surface area contributed by atoms with Gasteiger partial charge in [-0.15, -0.1) is 0 Å². The molecule has 0 unspecified atom stereocenters. The number of halogens is 1. The Morgan fingerprint density at radius 3 is 2.21 bits per heavy atom. The normalized spacial score (nSPS) is 15.6. The molecule has 1 nitrogen and oxygen atoms in total. The van der Waals surface area contributed by atoms with Crippen LogP contribution in [0.2, 0.25) is 5.02 Å². The molecule has 1 atom stereocenters. The number of nitrogens with two attached hydrogens (primary N) is 1. The highest BCUT2D eigenvalue weighted by Crippen LogP contribution is 2.20. The van der Waals surface area contributed by atoms with Crippen molar-refractivity contribution in [1.29, 1.82) is 0 Å². The van der Waals surface area contributed by atoms with E-state index in [9.17, 15) is 0 Å². The average molecular weight is 212 g/mol. The highest BCUT2D eigenvalue weighted by molar-refractivity contribution is 6.30. The third kappa shape index (κ3) is 3.00. The summed E-state index contributed by atoms with van der Waals surface area (Å²) >= 11 is 5.81. The molecule has 2 N–H and O–H groups in total. The van der Waals surface area contributed by atoms with Gasteiger partial charge in [-0.2, -0.15) is 0 Å². The van der Waals surface area contributed by atoms with Crippen LogP contribution in [0.25, 0.3) is 0 Å². The van der Waals surface area contributed by atoms with E-state index in [1.807, 2.05) is 24.3 Å². The number of hydrogen-bond donors (Lipinski definition) is 1. The molecular weight excluding hydrogens is 194 g/mol. The van der Waals surface area contributed by atoms with Crippen molar-refractivity contribution in [2.75, 3.05) is 0 Å². The van der Waals surface area contributed by atoms with Crippen LogP contribution in [-0.4, -0.2) is 5.54 Å². The van der Waals surface area contributed by atoms with E-state index in [4.69, 9.17) is 17.3 Å². The van der Waals surface area contributed by atoms with Gasteiger partial charge in [0.15, 0.2) is 0 Å². The molecule has 1 aromatic carbocycles. The Balaban J connectivity index is 2.74. The quantitative estimate of drug-likeness (QED) is 0.816. The highest BCUT2D eigenvalue weighted by Gasteiger charge is 2.22. The van der Waals surface area contributed by atoms with Crippen molar-refractivity contribution in [1.82, 2.24) is 0 Å². The SMILES string of the molecule is CC(C)[C@](C)(N)Cc1ccc(Cl)cc1. The molecule has 0 fully saturated rings. The number of rotatable bonds is 3. The van der Waals surface area contributed by atoms with Gasteiger partial charge in [-0.1, -0.05) is 37.6 Å². The first-order valence-electron chi connectivity index (χ1n) is 4.95. The predicted molar refractivity (Wildman–Crippen MR) is 62.6 cm³/mol. The molecule has 0 aliphatic carbocycles. The molecule has 0 aliphatic heterocycles. The minimum Gasteiger partial charge on any atom is -0.325 e. The summed E-state index contributed by atoms with van der Waals surface area (Å²) in [5.41, 5.74) is 7.30. The van der Waals surface area contributed by atoms with E-state index >= 15 is 0 Å². The Morgan fingerprint density at radius 1 is 1.29 bits per heavy atom. The smallest absolute Gasteiger partial charge is 0.0406 e. The molecule has 14 heavy (non-hydrogen) atoms. The summed E-state index contributed by atoms with van der Waals surface area (Å²) < 4.78 is 0. The molecule has 0 saturated heterocycles. The van der Waals surface area contributed by atoms with E-state index in [1.165, 1.54) is 5.56 Å². The first-order valence-corrected chi connectivity index (χ1v) is 5.33. The van der Waals surface area contributed by atoms with Crippen molar-refractivity contribution in [2.24, 2.45) is 11.7 Å². The Morgan fingerprint density at radius 2 is 1.79 bits per heavy atom. The number of hydrogen-bond acceptors (Lipinski definition) is 1. The molecule has 0 amide bonds. The van der Waals surface area contributed by atoms with Gasteiger partial charge in [0.25, 0.3) is 0 Å². The van der Waals surface area contributed by atoms with Crippen molar-refractivity contribution >= 4 is 11.6 Å². The van der Waals surface area contributed by atoms with Crippen molar-refractivity contribution < 1.29 is 0 Å². The van der Waals surface area contributed by atoms with Crippen LogP contribution in [0.5, 0.6) is 0 Å². The standard InChI is InChI=1S/C12H18ClN/c1-9(2)12(3,14)8-10-4-6-11(13)7-5-10/h4-7,9H,8,14H2,1-3H3/t12-/m1/s1. The van der Waals surface area contributed by atoms with Gasteiger partial charge in [0.1, 0.15) is 0 Å². The lowest BCUT2D eigenvalue weighted by atomic mass is 9.84. The molecule has 0 saturated carbocycles. The summed E-state index contributed by atoms with van der Waals surface area (Å²) in [5, 5.41) is 0.775. The van der Waals surface area contributed by atoms with E-state index in [2.05, 4.69) is 20.8 Å². The van der Waals surface area contributed by atoms with Crippen LogP contribution in [0.1, 0.15) is 26.3 Å². The fourth-order valence-electron chi connectivity index (χ4n) is 1.25. The molecule has 0 spiro atoms. The number of benzene rings is 1. The molecule has 1 rings (SSSR count). The van der Waals surface area contributed by atoms with Crippen LogP contribution >= 0.6 is 11.6 Å². The van der Waals surface area contributed by atoms with Crippen LogP contribution in [0.15, 0.2) is 24.3 Å². The van der Waals surface area contributed by atoms with E-state index in [-0.39, 0.29) is 5.54 Å².